The van der Waals surface area contributed by atoms with Gasteiger partial charge in [0, 0.05) is 18.8 Å². The van der Waals surface area contributed by atoms with E-state index >= 15 is 0 Å². The summed E-state index contributed by atoms with van der Waals surface area (Å²) in [5.74, 6) is 0.821. The van der Waals surface area contributed by atoms with E-state index in [1.165, 1.54) is 12.8 Å². The van der Waals surface area contributed by atoms with Crippen LogP contribution >= 0.6 is 11.8 Å². The molecule has 4 rings (SSSR count). The average molecular weight is 317 g/mol. The van der Waals surface area contributed by atoms with Gasteiger partial charge in [-0.25, -0.2) is 4.99 Å². The van der Waals surface area contributed by atoms with Gasteiger partial charge in [0.25, 0.3) is 5.56 Å². The van der Waals surface area contributed by atoms with Gasteiger partial charge in [-0.2, -0.15) is 5.10 Å². The van der Waals surface area contributed by atoms with Gasteiger partial charge >= 0.3 is 0 Å². The van der Waals surface area contributed by atoms with Gasteiger partial charge in [-0.15, -0.1) is 0 Å². The lowest BCUT2D eigenvalue weighted by molar-refractivity contribution is 0.468. The Morgan fingerprint density at radius 1 is 1.36 bits per heavy atom. The number of aromatic amines is 1. The summed E-state index contributed by atoms with van der Waals surface area (Å²) in [5, 5.41) is 8.26. The molecule has 1 aliphatic heterocycles. The molecule has 22 heavy (non-hydrogen) atoms. The molecule has 6 nitrogen and oxygen atoms in total. The number of aromatic nitrogens is 4. The van der Waals surface area contributed by atoms with Gasteiger partial charge in [0.1, 0.15) is 0 Å². The molecule has 1 aliphatic carbocycles. The number of thioether (sulfide) groups is 1. The van der Waals surface area contributed by atoms with Gasteiger partial charge in [0.05, 0.1) is 28.1 Å². The first-order valence-electron chi connectivity index (χ1n) is 7.68. The second-order valence-corrected chi connectivity index (χ2v) is 7.36. The smallest absolute Gasteiger partial charge is 0.271 e. The summed E-state index contributed by atoms with van der Waals surface area (Å²) in [6, 6.07) is 0.380. The summed E-state index contributed by atoms with van der Waals surface area (Å²) < 4.78 is 3.79. The van der Waals surface area contributed by atoms with Crippen LogP contribution in [0.2, 0.25) is 0 Å². The van der Waals surface area contributed by atoms with Crippen molar-refractivity contribution in [3.8, 4) is 0 Å². The Morgan fingerprint density at radius 2 is 2.14 bits per heavy atom. The molecule has 1 fully saturated rings. The second kappa shape index (κ2) is 5.15. The Bertz CT molecular complexity index is 793. The maximum atomic E-state index is 12.6. The third kappa shape index (κ3) is 2.15. The number of nitrogens with zero attached hydrogens (tertiary/aromatic N) is 4. The van der Waals surface area contributed by atoms with Crippen LogP contribution in [-0.4, -0.2) is 24.6 Å². The Labute approximate surface area is 132 Å². The fraction of sp³-hybridized carbons (Fsp3) is 0.533. The molecule has 0 unspecified atom stereocenters. The average Bonchev–Trinajstić information content (AvgIpc) is 3.19. The van der Waals surface area contributed by atoms with Crippen LogP contribution in [0.4, 0.5) is 5.82 Å². The minimum absolute atomic E-state index is 0.0143. The molecule has 1 saturated carbocycles. The number of nitrogens with one attached hydrogen (secondary N) is 1. The lowest BCUT2D eigenvalue weighted by Crippen LogP contribution is -2.13. The highest BCUT2D eigenvalue weighted by Gasteiger charge is 2.33. The van der Waals surface area contributed by atoms with Gasteiger partial charge in [-0.3, -0.25) is 19.3 Å². The number of aliphatic imine (C=N–C) groups is 1. The molecule has 1 atom stereocenters. The largest absolute Gasteiger partial charge is 0.275 e. The Morgan fingerprint density at radius 3 is 2.82 bits per heavy atom. The molecular weight excluding hydrogens is 298 g/mol. The van der Waals surface area contributed by atoms with Gasteiger partial charge in [0.2, 0.25) is 0 Å². The van der Waals surface area contributed by atoms with Crippen LogP contribution in [0.5, 0.6) is 0 Å². The Hall–Kier alpha value is -1.76. The predicted octanol–water partition coefficient (Wildman–Crippen LogP) is 2.91. The predicted molar refractivity (Wildman–Crippen MR) is 88.0 cm³/mol. The SMILES string of the molecule is CC1=Nc2c(c(=O)[nH]n2C2CCCC2)[C@H](c2cnn(C)c2)S1. The van der Waals surface area contributed by atoms with E-state index in [-0.39, 0.29) is 10.8 Å². The minimum Gasteiger partial charge on any atom is -0.275 e. The normalized spacial score (nSPS) is 21.9. The highest BCUT2D eigenvalue weighted by Crippen LogP contribution is 2.45. The summed E-state index contributed by atoms with van der Waals surface area (Å²) in [5.41, 5.74) is 1.81. The second-order valence-electron chi connectivity index (χ2n) is 6.06. The molecule has 2 aromatic heterocycles. The molecule has 0 spiro atoms. The summed E-state index contributed by atoms with van der Waals surface area (Å²) in [4.78, 5) is 17.2. The van der Waals surface area contributed by atoms with Gasteiger partial charge in [-0.05, 0) is 19.8 Å². The van der Waals surface area contributed by atoms with Crippen LogP contribution in [0.1, 0.15) is 55.0 Å². The van der Waals surface area contributed by atoms with E-state index < -0.39 is 0 Å². The maximum absolute atomic E-state index is 12.6. The zero-order chi connectivity index (χ0) is 15.3. The summed E-state index contributed by atoms with van der Waals surface area (Å²) in [6.07, 6.45) is 8.51. The first-order chi connectivity index (χ1) is 10.6. The Kier molecular flexibility index (Phi) is 3.25. The fourth-order valence-electron chi connectivity index (χ4n) is 3.45. The lowest BCUT2D eigenvalue weighted by Gasteiger charge is -2.21. The molecule has 1 N–H and O–H groups in total. The third-order valence-corrected chi connectivity index (χ3v) is 5.64. The van der Waals surface area contributed by atoms with Gasteiger partial charge in [-0.1, -0.05) is 24.6 Å². The number of hydrogen-bond donors (Lipinski definition) is 1. The molecular formula is C15H19N5OS. The molecule has 0 bridgehead atoms. The quantitative estimate of drug-likeness (QED) is 0.926. The van der Waals surface area contributed by atoms with Gasteiger partial charge in [0.15, 0.2) is 5.82 Å². The van der Waals surface area contributed by atoms with Crippen molar-refractivity contribution in [1.82, 2.24) is 19.6 Å². The van der Waals surface area contributed by atoms with Crippen LogP contribution in [0.3, 0.4) is 0 Å². The van der Waals surface area contributed by atoms with Crippen molar-refractivity contribution in [2.24, 2.45) is 12.0 Å². The van der Waals surface area contributed by atoms with E-state index in [4.69, 9.17) is 0 Å². The zero-order valence-electron chi connectivity index (χ0n) is 12.7. The van der Waals surface area contributed by atoms with Crippen molar-refractivity contribution in [2.45, 2.75) is 43.9 Å². The third-order valence-electron chi connectivity index (χ3n) is 4.47. The number of hydrogen-bond acceptors (Lipinski definition) is 4. The molecule has 7 heteroatoms. The van der Waals surface area contributed by atoms with E-state index in [0.717, 1.165) is 34.8 Å². The molecule has 0 amide bonds. The molecule has 116 valence electrons. The van der Waals surface area contributed by atoms with Crippen molar-refractivity contribution in [1.29, 1.82) is 0 Å². The number of fused-ring (bicyclic) bond motifs is 1. The highest BCUT2D eigenvalue weighted by atomic mass is 32.2. The van der Waals surface area contributed by atoms with Crippen LogP contribution in [-0.2, 0) is 7.05 Å². The summed E-state index contributed by atoms with van der Waals surface area (Å²) in [6.45, 7) is 2.01. The van der Waals surface area contributed by atoms with Crippen LogP contribution in [0.15, 0.2) is 22.2 Å². The van der Waals surface area contributed by atoms with E-state index in [1.54, 1.807) is 16.4 Å². The maximum Gasteiger partial charge on any atom is 0.271 e. The van der Waals surface area contributed by atoms with Crippen molar-refractivity contribution in [2.75, 3.05) is 0 Å². The molecule has 2 aliphatic rings. The van der Waals surface area contributed by atoms with Crippen LogP contribution in [0, 0.1) is 0 Å². The lowest BCUT2D eigenvalue weighted by atomic mass is 10.1. The number of H-pyrrole nitrogens is 1. The van der Waals surface area contributed by atoms with Crippen LogP contribution in [0.25, 0.3) is 0 Å². The van der Waals surface area contributed by atoms with Gasteiger partial charge < -0.3 is 0 Å². The number of rotatable bonds is 2. The molecule has 2 aromatic rings. The van der Waals surface area contributed by atoms with E-state index in [1.807, 2.05) is 31.0 Å². The van der Waals surface area contributed by atoms with Crippen molar-refractivity contribution < 1.29 is 0 Å². The molecule has 0 saturated heterocycles. The fourth-order valence-corrected chi connectivity index (χ4v) is 4.51. The zero-order valence-corrected chi connectivity index (χ0v) is 13.6. The molecule has 3 heterocycles. The topological polar surface area (TPSA) is 68.0 Å². The standard InChI is InChI=1S/C15H19N5OS/c1-9-17-14-12(13(22-9)10-7-16-19(2)8-10)15(21)18-20(14)11-5-3-4-6-11/h7-8,11,13H,3-6H2,1-2H3,(H,18,21)/t13-/m0/s1. The summed E-state index contributed by atoms with van der Waals surface area (Å²) in [7, 11) is 1.90. The summed E-state index contributed by atoms with van der Waals surface area (Å²) >= 11 is 1.63. The Balaban J connectivity index is 1.85. The van der Waals surface area contributed by atoms with E-state index in [9.17, 15) is 4.79 Å². The van der Waals surface area contributed by atoms with Crippen molar-refractivity contribution in [3.63, 3.8) is 0 Å². The minimum atomic E-state index is -0.0207. The monoisotopic (exact) mass is 317 g/mol. The highest BCUT2D eigenvalue weighted by molar-refractivity contribution is 8.14. The van der Waals surface area contributed by atoms with Crippen molar-refractivity contribution in [3.05, 3.63) is 33.9 Å². The molecule has 0 aromatic carbocycles. The van der Waals surface area contributed by atoms with E-state index in [2.05, 4.69) is 15.2 Å². The van der Waals surface area contributed by atoms with E-state index in [0.29, 0.717) is 6.04 Å². The first kappa shape index (κ1) is 13.9. The number of aryl methyl sites for hydroxylation is 1. The first-order valence-corrected chi connectivity index (χ1v) is 8.56. The van der Waals surface area contributed by atoms with Crippen molar-refractivity contribution >= 4 is 22.6 Å². The van der Waals surface area contributed by atoms with Crippen LogP contribution < -0.4 is 5.56 Å². The molecule has 0 radical (unpaired) electrons.